The van der Waals surface area contributed by atoms with Gasteiger partial charge in [0.05, 0.1) is 17.4 Å². The number of benzene rings is 1. The van der Waals surface area contributed by atoms with Gasteiger partial charge in [0.2, 0.25) is 5.91 Å². The number of amides is 1. The molecule has 2 aromatic rings. The second kappa shape index (κ2) is 6.51. The predicted octanol–water partition coefficient (Wildman–Crippen LogP) is 4.58. The highest BCUT2D eigenvalue weighted by Gasteiger charge is 2.30. The van der Waals surface area contributed by atoms with Gasteiger partial charge >= 0.3 is 6.18 Å². The van der Waals surface area contributed by atoms with Gasteiger partial charge in [0.1, 0.15) is 5.82 Å². The third-order valence-electron chi connectivity index (χ3n) is 3.99. The minimum Gasteiger partial charge on any atom is -0.340 e. The monoisotopic (exact) mass is 335 g/mol. The maximum absolute atomic E-state index is 12.5. The van der Waals surface area contributed by atoms with E-state index in [0.717, 1.165) is 31.4 Å². The minimum atomic E-state index is -4.35. The van der Waals surface area contributed by atoms with Crippen molar-refractivity contribution < 1.29 is 18.0 Å². The van der Waals surface area contributed by atoms with Crippen LogP contribution in [0.5, 0.6) is 0 Å². The van der Waals surface area contributed by atoms with Crippen molar-refractivity contribution >= 4 is 23.1 Å². The number of anilines is 3. The van der Waals surface area contributed by atoms with Crippen molar-refractivity contribution in [1.29, 1.82) is 0 Å². The lowest BCUT2D eigenvalue weighted by Gasteiger charge is -2.23. The van der Waals surface area contributed by atoms with E-state index in [1.54, 1.807) is 12.1 Å². The van der Waals surface area contributed by atoms with Crippen LogP contribution < -0.4 is 10.6 Å². The van der Waals surface area contributed by atoms with E-state index < -0.39 is 11.7 Å². The summed E-state index contributed by atoms with van der Waals surface area (Å²) >= 11 is 0. The molecule has 1 amide bonds. The smallest absolute Gasteiger partial charge is 0.340 e. The van der Waals surface area contributed by atoms with Gasteiger partial charge in [0.15, 0.2) is 0 Å². The van der Waals surface area contributed by atoms with Crippen LogP contribution in [0, 0.1) is 5.92 Å². The van der Waals surface area contributed by atoms with Crippen molar-refractivity contribution in [3.63, 3.8) is 0 Å². The number of hydrogen-bond donors (Lipinski definition) is 2. The van der Waals surface area contributed by atoms with Gasteiger partial charge in [0.25, 0.3) is 0 Å². The van der Waals surface area contributed by atoms with E-state index in [0.29, 0.717) is 17.2 Å². The Kier molecular flexibility index (Phi) is 4.42. The molecule has 24 heavy (non-hydrogen) atoms. The summed E-state index contributed by atoms with van der Waals surface area (Å²) in [6.07, 6.45) is 0.103. The topological polar surface area (TPSA) is 54.0 Å². The summed E-state index contributed by atoms with van der Waals surface area (Å²) < 4.78 is 37.5. The third kappa shape index (κ3) is 3.84. The summed E-state index contributed by atoms with van der Waals surface area (Å²) in [5.41, 5.74) is 0.404. The molecular formula is C17H16F3N3O. The normalized spacial score (nSPS) is 14.8. The Morgan fingerprint density at radius 2 is 1.71 bits per heavy atom. The molecule has 1 saturated carbocycles. The number of alkyl halides is 3. The number of rotatable bonds is 4. The first-order valence-corrected chi connectivity index (χ1v) is 7.63. The van der Waals surface area contributed by atoms with Gasteiger partial charge in [-0.05, 0) is 49.2 Å². The second-order valence-electron chi connectivity index (χ2n) is 5.75. The van der Waals surface area contributed by atoms with Crippen molar-refractivity contribution in [2.24, 2.45) is 5.92 Å². The standard InChI is InChI=1S/C17H16F3N3O/c18-17(19,20)12-4-6-13(7-5-12)22-15-9-8-14(10-21-15)23-16(24)11-2-1-3-11/h4-11H,1-3H2,(H,21,22)(H,23,24). The van der Waals surface area contributed by atoms with Crippen molar-refractivity contribution in [2.75, 3.05) is 10.6 Å². The molecule has 7 heteroatoms. The molecule has 4 nitrogen and oxygen atoms in total. The van der Waals surface area contributed by atoms with E-state index in [1.807, 2.05) is 0 Å². The largest absolute Gasteiger partial charge is 0.416 e. The molecule has 1 heterocycles. The predicted molar refractivity (Wildman–Crippen MR) is 84.9 cm³/mol. The molecule has 3 rings (SSSR count). The summed E-state index contributed by atoms with van der Waals surface area (Å²) in [6.45, 7) is 0. The van der Waals surface area contributed by atoms with Gasteiger partial charge in [-0.3, -0.25) is 4.79 Å². The van der Waals surface area contributed by atoms with E-state index in [1.165, 1.54) is 18.3 Å². The molecule has 126 valence electrons. The van der Waals surface area contributed by atoms with Crippen LogP contribution in [0.2, 0.25) is 0 Å². The average Bonchev–Trinajstić information content (AvgIpc) is 2.47. The van der Waals surface area contributed by atoms with Crippen LogP contribution >= 0.6 is 0 Å². The molecule has 2 N–H and O–H groups in total. The van der Waals surface area contributed by atoms with Crippen LogP contribution in [0.15, 0.2) is 42.6 Å². The van der Waals surface area contributed by atoms with Crippen molar-refractivity contribution in [1.82, 2.24) is 4.98 Å². The molecule has 1 aromatic heterocycles. The first kappa shape index (κ1) is 16.3. The minimum absolute atomic E-state index is 0.00602. The summed E-state index contributed by atoms with van der Waals surface area (Å²) in [5.74, 6) is 0.581. The zero-order valence-corrected chi connectivity index (χ0v) is 12.7. The molecule has 1 aromatic carbocycles. The SMILES string of the molecule is O=C(Nc1ccc(Nc2ccc(C(F)(F)F)cc2)nc1)C1CCC1. The van der Waals surface area contributed by atoms with Crippen molar-refractivity contribution in [3.8, 4) is 0 Å². The van der Waals surface area contributed by atoms with E-state index in [2.05, 4.69) is 15.6 Å². The third-order valence-corrected chi connectivity index (χ3v) is 3.99. The molecule has 0 atom stereocenters. The molecule has 0 aliphatic heterocycles. The number of nitrogens with zero attached hydrogens (tertiary/aromatic N) is 1. The first-order valence-electron chi connectivity index (χ1n) is 7.63. The Balaban J connectivity index is 1.60. The highest BCUT2D eigenvalue weighted by atomic mass is 19.4. The molecule has 1 aliphatic carbocycles. The summed E-state index contributed by atoms with van der Waals surface area (Å²) in [6, 6.07) is 8.07. The lowest BCUT2D eigenvalue weighted by atomic mass is 9.85. The molecule has 0 spiro atoms. The van der Waals surface area contributed by atoms with Gasteiger partial charge in [-0.1, -0.05) is 6.42 Å². The highest BCUT2D eigenvalue weighted by molar-refractivity contribution is 5.92. The number of carbonyl (C=O) groups excluding carboxylic acids is 1. The molecule has 0 radical (unpaired) electrons. The van der Waals surface area contributed by atoms with E-state index in [9.17, 15) is 18.0 Å². The van der Waals surface area contributed by atoms with Gasteiger partial charge in [-0.25, -0.2) is 4.98 Å². The van der Waals surface area contributed by atoms with Crippen LogP contribution in [0.1, 0.15) is 24.8 Å². The molecular weight excluding hydrogens is 319 g/mol. The van der Waals surface area contributed by atoms with Gasteiger partial charge in [-0.15, -0.1) is 0 Å². The Morgan fingerprint density at radius 1 is 1.04 bits per heavy atom. The maximum Gasteiger partial charge on any atom is 0.416 e. The first-order chi connectivity index (χ1) is 11.4. The van der Waals surface area contributed by atoms with Crippen LogP contribution in [-0.4, -0.2) is 10.9 Å². The zero-order chi connectivity index (χ0) is 17.2. The lowest BCUT2D eigenvalue weighted by molar-refractivity contribution is -0.137. The van der Waals surface area contributed by atoms with E-state index in [4.69, 9.17) is 0 Å². The number of hydrogen-bond acceptors (Lipinski definition) is 3. The Labute approximate surface area is 137 Å². The Bertz CT molecular complexity index is 707. The highest BCUT2D eigenvalue weighted by Crippen LogP contribution is 2.30. The fourth-order valence-electron chi connectivity index (χ4n) is 2.35. The van der Waals surface area contributed by atoms with Crippen molar-refractivity contribution in [3.05, 3.63) is 48.2 Å². The van der Waals surface area contributed by atoms with Crippen LogP contribution in [0.4, 0.5) is 30.4 Å². The number of nitrogens with one attached hydrogen (secondary N) is 2. The average molecular weight is 335 g/mol. The molecule has 0 saturated heterocycles. The number of halogens is 3. The van der Waals surface area contributed by atoms with Gasteiger partial charge in [0, 0.05) is 11.6 Å². The fourth-order valence-corrected chi connectivity index (χ4v) is 2.35. The summed E-state index contributed by atoms with van der Waals surface area (Å²) in [7, 11) is 0. The van der Waals surface area contributed by atoms with Crippen molar-refractivity contribution in [2.45, 2.75) is 25.4 Å². The Morgan fingerprint density at radius 3 is 2.21 bits per heavy atom. The number of carbonyl (C=O) groups is 1. The summed E-state index contributed by atoms with van der Waals surface area (Å²) in [5, 5.41) is 5.72. The van der Waals surface area contributed by atoms with Gasteiger partial charge < -0.3 is 10.6 Å². The number of aromatic nitrogens is 1. The molecule has 1 fully saturated rings. The van der Waals surface area contributed by atoms with Crippen LogP contribution in [0.25, 0.3) is 0 Å². The molecule has 0 unspecified atom stereocenters. The quantitative estimate of drug-likeness (QED) is 0.860. The number of pyridine rings is 1. The molecule has 0 bridgehead atoms. The lowest BCUT2D eigenvalue weighted by Crippen LogP contribution is -2.28. The van der Waals surface area contributed by atoms with E-state index in [-0.39, 0.29) is 11.8 Å². The van der Waals surface area contributed by atoms with Crippen LogP contribution in [-0.2, 0) is 11.0 Å². The summed E-state index contributed by atoms with van der Waals surface area (Å²) in [4.78, 5) is 16.0. The van der Waals surface area contributed by atoms with E-state index >= 15 is 0 Å². The van der Waals surface area contributed by atoms with Crippen LogP contribution in [0.3, 0.4) is 0 Å². The fraction of sp³-hybridized carbons (Fsp3) is 0.294. The Hall–Kier alpha value is -2.57. The molecule has 1 aliphatic rings. The maximum atomic E-state index is 12.5. The van der Waals surface area contributed by atoms with Gasteiger partial charge in [-0.2, -0.15) is 13.2 Å². The second-order valence-corrected chi connectivity index (χ2v) is 5.75. The zero-order valence-electron chi connectivity index (χ0n) is 12.7.